The molecule has 0 saturated carbocycles. The highest BCUT2D eigenvalue weighted by atomic mass is 16.6. The van der Waals surface area contributed by atoms with Crippen LogP contribution < -0.4 is 0 Å². The Morgan fingerprint density at radius 3 is 2.71 bits per heavy atom. The Hall–Kier alpha value is -1.29. The summed E-state index contributed by atoms with van der Waals surface area (Å²) in [6.07, 6.45) is 9.40. The van der Waals surface area contributed by atoms with E-state index in [1.54, 1.807) is 7.11 Å². The van der Waals surface area contributed by atoms with Gasteiger partial charge in [0.2, 0.25) is 5.78 Å². The Morgan fingerprint density at radius 2 is 1.95 bits per heavy atom. The predicted molar refractivity (Wildman–Crippen MR) is 83.7 cm³/mol. The van der Waals surface area contributed by atoms with Crippen LogP contribution in [-0.2, 0) is 14.3 Å². The molecule has 1 aliphatic heterocycles. The number of carbonyl (C=O) groups excluding carboxylic acids is 1. The quantitative estimate of drug-likeness (QED) is 0.268. The van der Waals surface area contributed by atoms with E-state index in [2.05, 4.69) is 30.6 Å². The lowest BCUT2D eigenvalue weighted by molar-refractivity contribution is -0.114. The van der Waals surface area contributed by atoms with Crippen molar-refractivity contribution in [3.8, 4) is 23.7 Å². The van der Waals surface area contributed by atoms with Crippen molar-refractivity contribution < 1.29 is 14.3 Å². The molecule has 0 aromatic heterocycles. The second kappa shape index (κ2) is 11.4. The van der Waals surface area contributed by atoms with E-state index in [0.29, 0.717) is 19.1 Å². The van der Waals surface area contributed by atoms with Gasteiger partial charge in [0.1, 0.15) is 0 Å². The lowest BCUT2D eigenvalue weighted by atomic mass is 10.1. The van der Waals surface area contributed by atoms with E-state index >= 15 is 0 Å². The first-order chi connectivity index (χ1) is 10.3. The van der Waals surface area contributed by atoms with Crippen LogP contribution in [0, 0.1) is 23.7 Å². The number of carbonyl (C=O) groups is 1. The van der Waals surface area contributed by atoms with E-state index in [1.165, 1.54) is 32.1 Å². The minimum Gasteiger partial charge on any atom is -0.384 e. The summed E-state index contributed by atoms with van der Waals surface area (Å²) in [7, 11) is 1.57. The largest absolute Gasteiger partial charge is 0.384 e. The van der Waals surface area contributed by atoms with Crippen LogP contribution in [-0.4, -0.2) is 31.7 Å². The fraction of sp³-hybridized carbons (Fsp3) is 0.722. The zero-order chi connectivity index (χ0) is 15.3. The third kappa shape index (κ3) is 9.29. The molecule has 2 atom stereocenters. The molecule has 0 aromatic rings. The minimum atomic E-state index is -0.126. The fourth-order valence-corrected chi connectivity index (χ4v) is 2.12. The summed E-state index contributed by atoms with van der Waals surface area (Å²) in [5.41, 5.74) is 0. The summed E-state index contributed by atoms with van der Waals surface area (Å²) in [5, 5.41) is 0. The third-order valence-corrected chi connectivity index (χ3v) is 3.47. The third-order valence-electron chi connectivity index (χ3n) is 3.47. The van der Waals surface area contributed by atoms with Crippen LogP contribution in [0.2, 0.25) is 0 Å². The van der Waals surface area contributed by atoms with Gasteiger partial charge in [-0.25, -0.2) is 0 Å². The van der Waals surface area contributed by atoms with Gasteiger partial charge in [-0.15, -0.1) is 0 Å². The van der Waals surface area contributed by atoms with Crippen molar-refractivity contribution in [2.24, 2.45) is 0 Å². The molecule has 3 nitrogen and oxygen atoms in total. The van der Waals surface area contributed by atoms with Gasteiger partial charge in [0.25, 0.3) is 0 Å². The summed E-state index contributed by atoms with van der Waals surface area (Å²) in [5.74, 6) is 10.6. The summed E-state index contributed by atoms with van der Waals surface area (Å²) in [6, 6.07) is 0. The first-order valence-electron chi connectivity index (χ1n) is 7.94. The van der Waals surface area contributed by atoms with Gasteiger partial charge in [-0.05, 0) is 24.2 Å². The first-order valence-corrected chi connectivity index (χ1v) is 7.94. The maximum Gasteiger partial charge on any atom is 0.208 e. The van der Waals surface area contributed by atoms with Crippen LogP contribution in [0.4, 0.5) is 0 Å². The monoisotopic (exact) mass is 290 g/mol. The molecule has 1 rings (SSSR count). The Kier molecular flexibility index (Phi) is 9.62. The van der Waals surface area contributed by atoms with E-state index in [-0.39, 0.29) is 11.9 Å². The molecule has 1 aliphatic rings. The molecule has 1 saturated heterocycles. The average molecular weight is 290 g/mol. The molecule has 1 fully saturated rings. The molecule has 0 amide bonds. The van der Waals surface area contributed by atoms with Crippen molar-refractivity contribution >= 4 is 5.78 Å². The van der Waals surface area contributed by atoms with Crippen molar-refractivity contribution in [1.82, 2.24) is 0 Å². The first kappa shape index (κ1) is 17.8. The van der Waals surface area contributed by atoms with Gasteiger partial charge in [0.15, 0.2) is 0 Å². The maximum absolute atomic E-state index is 11.2. The van der Waals surface area contributed by atoms with Gasteiger partial charge in [-0.3, -0.25) is 4.79 Å². The molecule has 0 aliphatic carbocycles. The highest BCUT2D eigenvalue weighted by molar-refractivity contribution is 5.95. The van der Waals surface area contributed by atoms with Crippen LogP contribution in [0.15, 0.2) is 0 Å². The number of unbranched alkanes of at least 4 members (excludes halogenated alkanes) is 4. The standard InChI is InChI=1S/C18H26O3/c1-3-4-5-6-9-12-17-18(21-17)13-10-7-8-11-16(19)14-15-20-2/h17-18H,3-6,9,12-15H2,1-2H3. The molecule has 21 heavy (non-hydrogen) atoms. The predicted octanol–water partition coefficient (Wildman–Crippen LogP) is 3.12. The Balaban J connectivity index is 2.04. The van der Waals surface area contributed by atoms with Crippen LogP contribution in [0.25, 0.3) is 0 Å². The zero-order valence-corrected chi connectivity index (χ0v) is 13.2. The van der Waals surface area contributed by atoms with Gasteiger partial charge in [0, 0.05) is 20.0 Å². The van der Waals surface area contributed by atoms with Gasteiger partial charge in [0.05, 0.1) is 18.8 Å². The number of methoxy groups -OCH3 is 1. The molecule has 0 aromatic carbocycles. The number of epoxide rings is 1. The number of rotatable bonds is 10. The average Bonchev–Trinajstić information content (AvgIpc) is 3.23. The number of hydrogen-bond acceptors (Lipinski definition) is 3. The number of Topliss-reactive ketones (excluding diaryl/α,β-unsaturated/α-hetero) is 1. The second-order valence-corrected chi connectivity index (χ2v) is 5.34. The summed E-state index contributed by atoms with van der Waals surface area (Å²) >= 11 is 0. The van der Waals surface area contributed by atoms with Crippen molar-refractivity contribution in [3.05, 3.63) is 0 Å². The van der Waals surface area contributed by atoms with Gasteiger partial charge < -0.3 is 9.47 Å². The normalized spacial score (nSPS) is 19.1. The molecule has 0 radical (unpaired) electrons. The van der Waals surface area contributed by atoms with E-state index < -0.39 is 0 Å². The summed E-state index contributed by atoms with van der Waals surface area (Å²) in [6.45, 7) is 2.64. The summed E-state index contributed by atoms with van der Waals surface area (Å²) < 4.78 is 10.4. The van der Waals surface area contributed by atoms with E-state index in [9.17, 15) is 4.79 Å². The molecule has 0 N–H and O–H groups in total. The van der Waals surface area contributed by atoms with Crippen molar-refractivity contribution in [2.45, 2.75) is 70.5 Å². The van der Waals surface area contributed by atoms with E-state index in [4.69, 9.17) is 9.47 Å². The van der Waals surface area contributed by atoms with Crippen LogP contribution in [0.1, 0.15) is 58.3 Å². The topological polar surface area (TPSA) is 38.8 Å². The molecule has 1 heterocycles. The molecule has 116 valence electrons. The smallest absolute Gasteiger partial charge is 0.208 e. The van der Waals surface area contributed by atoms with Crippen LogP contribution in [0.5, 0.6) is 0 Å². The Morgan fingerprint density at radius 1 is 1.14 bits per heavy atom. The molecular weight excluding hydrogens is 264 g/mol. The fourth-order valence-electron chi connectivity index (χ4n) is 2.12. The lowest BCUT2D eigenvalue weighted by Crippen LogP contribution is -1.98. The SMILES string of the molecule is CCCCCCCC1OC1CC#CC#CC(=O)CCOC. The lowest BCUT2D eigenvalue weighted by Gasteiger charge is -1.96. The zero-order valence-electron chi connectivity index (χ0n) is 13.2. The van der Waals surface area contributed by atoms with E-state index in [0.717, 1.165) is 12.8 Å². The van der Waals surface area contributed by atoms with Gasteiger partial charge >= 0.3 is 0 Å². The van der Waals surface area contributed by atoms with E-state index in [1.807, 2.05) is 0 Å². The second-order valence-electron chi connectivity index (χ2n) is 5.34. The molecular formula is C18H26O3. The van der Waals surface area contributed by atoms with Crippen molar-refractivity contribution in [1.29, 1.82) is 0 Å². The van der Waals surface area contributed by atoms with Crippen molar-refractivity contribution in [2.75, 3.05) is 13.7 Å². The molecule has 3 heteroatoms. The van der Waals surface area contributed by atoms with Gasteiger partial charge in [-0.2, -0.15) is 0 Å². The Bertz CT molecular complexity index is 419. The number of ketones is 1. The van der Waals surface area contributed by atoms with Crippen molar-refractivity contribution in [3.63, 3.8) is 0 Å². The number of ether oxygens (including phenoxy) is 2. The number of hydrogen-bond donors (Lipinski definition) is 0. The Labute approximate surface area is 128 Å². The van der Waals surface area contributed by atoms with Crippen LogP contribution in [0.3, 0.4) is 0 Å². The molecule has 0 spiro atoms. The highest BCUT2D eigenvalue weighted by Crippen LogP contribution is 2.29. The van der Waals surface area contributed by atoms with Gasteiger partial charge in [-0.1, -0.05) is 44.9 Å². The minimum absolute atomic E-state index is 0.126. The summed E-state index contributed by atoms with van der Waals surface area (Å²) in [4.78, 5) is 11.2. The highest BCUT2D eigenvalue weighted by Gasteiger charge is 2.36. The maximum atomic E-state index is 11.2. The molecule has 0 bridgehead atoms. The molecule has 2 unspecified atom stereocenters. The van der Waals surface area contributed by atoms with Crippen LogP contribution >= 0.6 is 0 Å².